The van der Waals surface area contributed by atoms with Gasteiger partial charge in [0.1, 0.15) is 10.4 Å². The van der Waals surface area contributed by atoms with Crippen LogP contribution in [0.1, 0.15) is 0 Å². The normalized spacial score (nSPS) is 11.6. The van der Waals surface area contributed by atoms with E-state index in [1.165, 1.54) is 18.2 Å². The maximum Gasteiger partial charge on any atom is 0.573 e. The van der Waals surface area contributed by atoms with Crippen LogP contribution < -0.4 is 10.1 Å². The fourth-order valence-corrected chi connectivity index (χ4v) is 2.29. The van der Waals surface area contributed by atoms with Crippen LogP contribution in [0.15, 0.2) is 47.5 Å². The molecule has 0 amide bonds. The summed E-state index contributed by atoms with van der Waals surface area (Å²) in [5.74, 6) is 0.0930. The molecule has 0 unspecified atom stereocenters. The smallest absolute Gasteiger partial charge is 0.406 e. The molecule has 0 atom stereocenters. The Morgan fingerprint density at radius 2 is 2.09 bits per heavy atom. The summed E-state index contributed by atoms with van der Waals surface area (Å²) in [6.07, 6.45) is 0.313. The summed E-state index contributed by atoms with van der Waals surface area (Å²) in [5.41, 5.74) is 0.947. The van der Waals surface area contributed by atoms with Crippen LogP contribution in [0.4, 0.5) is 24.7 Å². The molecule has 0 fully saturated rings. The van der Waals surface area contributed by atoms with E-state index < -0.39 is 6.36 Å². The third kappa shape index (κ3) is 3.30. The van der Waals surface area contributed by atoms with Gasteiger partial charge in [-0.25, -0.2) is 9.97 Å². The Kier molecular flexibility index (Phi) is 3.65. The molecular formula is C13H8BrF3N4O. The van der Waals surface area contributed by atoms with Gasteiger partial charge < -0.3 is 14.5 Å². The fourth-order valence-electron chi connectivity index (χ4n) is 1.89. The molecule has 0 saturated carbocycles. The molecule has 0 saturated heterocycles. The van der Waals surface area contributed by atoms with Gasteiger partial charge >= 0.3 is 6.36 Å². The minimum absolute atomic E-state index is 0.313. The van der Waals surface area contributed by atoms with Gasteiger partial charge in [0.2, 0.25) is 0 Å². The van der Waals surface area contributed by atoms with Crippen LogP contribution in [0.25, 0.3) is 5.65 Å². The highest BCUT2D eigenvalue weighted by Gasteiger charge is 2.31. The molecule has 114 valence electrons. The first-order chi connectivity index (χ1) is 10.4. The van der Waals surface area contributed by atoms with Crippen molar-refractivity contribution in [3.63, 3.8) is 0 Å². The lowest BCUT2D eigenvalue weighted by atomic mass is 10.3. The number of benzene rings is 1. The lowest BCUT2D eigenvalue weighted by Gasteiger charge is -2.11. The number of imidazole rings is 1. The van der Waals surface area contributed by atoms with Crippen molar-refractivity contribution >= 4 is 33.1 Å². The highest BCUT2D eigenvalue weighted by atomic mass is 79.9. The van der Waals surface area contributed by atoms with Crippen molar-refractivity contribution in [2.24, 2.45) is 0 Å². The number of hydrogen-bond acceptors (Lipinski definition) is 4. The van der Waals surface area contributed by atoms with Gasteiger partial charge in [0, 0.05) is 30.3 Å². The topological polar surface area (TPSA) is 51.5 Å². The Hall–Kier alpha value is -2.29. The molecule has 5 nitrogen and oxygen atoms in total. The molecule has 0 aliphatic heterocycles. The molecule has 3 aromatic rings. The zero-order valence-corrected chi connectivity index (χ0v) is 12.4. The van der Waals surface area contributed by atoms with Crippen molar-refractivity contribution in [1.82, 2.24) is 14.4 Å². The van der Waals surface area contributed by atoms with Crippen LogP contribution in [-0.4, -0.2) is 20.7 Å². The van der Waals surface area contributed by atoms with Gasteiger partial charge in [-0.2, -0.15) is 0 Å². The molecule has 1 N–H and O–H groups in total. The number of alkyl halides is 3. The first-order valence-electron chi connectivity index (χ1n) is 6.03. The van der Waals surface area contributed by atoms with Gasteiger partial charge in [0.05, 0.1) is 0 Å². The monoisotopic (exact) mass is 372 g/mol. The SMILES string of the molecule is FC(F)(F)Oc1cccc(Nc2nc(Br)cn3ccnc23)c1. The third-order valence-corrected chi connectivity index (χ3v) is 3.06. The van der Waals surface area contributed by atoms with E-state index >= 15 is 0 Å². The second-order valence-corrected chi connectivity index (χ2v) is 5.08. The minimum Gasteiger partial charge on any atom is -0.406 e. The van der Waals surface area contributed by atoms with Gasteiger partial charge in [0.25, 0.3) is 0 Å². The van der Waals surface area contributed by atoms with Gasteiger partial charge in [-0.05, 0) is 28.1 Å². The molecular weight excluding hydrogens is 365 g/mol. The number of nitrogens with zero attached hydrogens (tertiary/aromatic N) is 3. The second-order valence-electron chi connectivity index (χ2n) is 4.27. The molecule has 3 rings (SSSR count). The quantitative estimate of drug-likeness (QED) is 0.750. The van der Waals surface area contributed by atoms with Crippen molar-refractivity contribution in [3.8, 4) is 5.75 Å². The number of ether oxygens (including phenoxy) is 1. The molecule has 2 aromatic heterocycles. The Balaban J connectivity index is 1.92. The van der Waals surface area contributed by atoms with Gasteiger partial charge in [-0.15, -0.1) is 13.2 Å². The van der Waals surface area contributed by atoms with E-state index in [2.05, 4.69) is 36.0 Å². The van der Waals surface area contributed by atoms with Crippen LogP contribution in [0.3, 0.4) is 0 Å². The van der Waals surface area contributed by atoms with Gasteiger partial charge in [0.15, 0.2) is 11.5 Å². The maximum atomic E-state index is 12.2. The Labute approximate surface area is 130 Å². The molecule has 22 heavy (non-hydrogen) atoms. The average molecular weight is 373 g/mol. The number of fused-ring (bicyclic) bond motifs is 1. The molecule has 9 heteroatoms. The van der Waals surface area contributed by atoms with Crippen molar-refractivity contribution in [2.75, 3.05) is 5.32 Å². The lowest BCUT2D eigenvalue weighted by Crippen LogP contribution is -2.17. The van der Waals surface area contributed by atoms with E-state index in [0.29, 0.717) is 21.8 Å². The summed E-state index contributed by atoms with van der Waals surface area (Å²) in [5, 5.41) is 2.93. The van der Waals surface area contributed by atoms with Crippen molar-refractivity contribution in [3.05, 3.63) is 47.5 Å². The lowest BCUT2D eigenvalue weighted by molar-refractivity contribution is -0.274. The van der Waals surface area contributed by atoms with Crippen molar-refractivity contribution in [1.29, 1.82) is 0 Å². The van der Waals surface area contributed by atoms with Gasteiger partial charge in [-0.3, -0.25) is 0 Å². The van der Waals surface area contributed by atoms with Crippen molar-refractivity contribution < 1.29 is 17.9 Å². The molecule has 0 radical (unpaired) electrons. The molecule has 0 aliphatic rings. The second kappa shape index (κ2) is 5.48. The first kappa shape index (κ1) is 14.6. The number of nitrogens with one attached hydrogen (secondary N) is 1. The zero-order valence-electron chi connectivity index (χ0n) is 10.8. The van der Waals surface area contributed by atoms with E-state index in [-0.39, 0.29) is 5.75 Å². The predicted molar refractivity (Wildman–Crippen MR) is 77.1 cm³/mol. The highest BCUT2D eigenvalue weighted by Crippen LogP contribution is 2.27. The Bertz CT molecular complexity index is 818. The summed E-state index contributed by atoms with van der Waals surface area (Å²) in [6.45, 7) is 0. The van der Waals surface area contributed by atoms with E-state index in [1.807, 2.05) is 0 Å². The molecule has 2 heterocycles. The zero-order chi connectivity index (χ0) is 15.7. The predicted octanol–water partition coefficient (Wildman–Crippen LogP) is 4.13. The van der Waals surface area contributed by atoms with Crippen LogP contribution in [-0.2, 0) is 0 Å². The summed E-state index contributed by atoms with van der Waals surface area (Å²) < 4.78 is 42.9. The number of anilines is 2. The average Bonchev–Trinajstić information content (AvgIpc) is 2.85. The molecule has 0 aliphatic carbocycles. The van der Waals surface area contributed by atoms with Crippen LogP contribution in [0.2, 0.25) is 0 Å². The summed E-state index contributed by atoms with van der Waals surface area (Å²) in [7, 11) is 0. The Morgan fingerprint density at radius 3 is 2.86 bits per heavy atom. The summed E-state index contributed by atoms with van der Waals surface area (Å²) in [6, 6.07) is 5.50. The minimum atomic E-state index is -4.73. The summed E-state index contributed by atoms with van der Waals surface area (Å²) in [4.78, 5) is 8.38. The maximum absolute atomic E-state index is 12.2. The number of aromatic nitrogens is 3. The molecule has 0 bridgehead atoms. The van der Waals surface area contributed by atoms with Crippen LogP contribution in [0.5, 0.6) is 5.75 Å². The van der Waals surface area contributed by atoms with Gasteiger partial charge in [-0.1, -0.05) is 6.07 Å². The number of rotatable bonds is 3. The summed E-state index contributed by atoms with van der Waals surface area (Å²) >= 11 is 3.26. The number of halogens is 4. The van der Waals surface area contributed by atoms with E-state index in [1.54, 1.807) is 29.1 Å². The Morgan fingerprint density at radius 1 is 1.27 bits per heavy atom. The van der Waals surface area contributed by atoms with E-state index in [0.717, 1.165) is 0 Å². The van der Waals surface area contributed by atoms with Crippen LogP contribution in [0, 0.1) is 0 Å². The standard InChI is InChI=1S/C13H8BrF3N4O/c14-10-7-21-5-4-18-12(21)11(20-10)19-8-2-1-3-9(6-8)22-13(15,16)17/h1-7H,(H,19,20). The largest absolute Gasteiger partial charge is 0.573 e. The molecule has 1 aromatic carbocycles. The number of hydrogen-bond donors (Lipinski definition) is 1. The molecule has 0 spiro atoms. The van der Waals surface area contributed by atoms with E-state index in [4.69, 9.17) is 0 Å². The van der Waals surface area contributed by atoms with E-state index in [9.17, 15) is 13.2 Å². The fraction of sp³-hybridized carbons (Fsp3) is 0.0769. The first-order valence-corrected chi connectivity index (χ1v) is 6.82. The third-order valence-electron chi connectivity index (χ3n) is 2.68. The van der Waals surface area contributed by atoms with Crippen molar-refractivity contribution in [2.45, 2.75) is 6.36 Å². The highest BCUT2D eigenvalue weighted by molar-refractivity contribution is 9.10. The van der Waals surface area contributed by atoms with Crippen LogP contribution >= 0.6 is 15.9 Å².